The average molecular weight is 489 g/mol. The van der Waals surface area contributed by atoms with Crippen LogP contribution in [0.1, 0.15) is 12.8 Å². The fourth-order valence-corrected chi connectivity index (χ4v) is 4.95. The zero-order valence-corrected chi connectivity index (χ0v) is 18.2. The monoisotopic (exact) mass is 488 g/mol. The normalized spacial score (nSPS) is 11.9. The van der Waals surface area contributed by atoms with E-state index in [0.717, 1.165) is 4.47 Å². The second-order valence-electron chi connectivity index (χ2n) is 5.94. The zero-order chi connectivity index (χ0) is 20.6. The van der Waals surface area contributed by atoms with Gasteiger partial charge in [0.25, 0.3) is 0 Å². The van der Waals surface area contributed by atoms with Crippen LogP contribution in [0.3, 0.4) is 0 Å². The number of benzene rings is 2. The van der Waals surface area contributed by atoms with Crippen LogP contribution in [0.5, 0.6) is 0 Å². The molecule has 2 N–H and O–H groups in total. The topological polar surface area (TPSA) is 109 Å². The first-order valence-corrected chi connectivity index (χ1v) is 12.4. The van der Waals surface area contributed by atoms with Crippen molar-refractivity contribution in [3.05, 3.63) is 59.1 Å². The molecule has 7 nitrogen and oxygen atoms in total. The number of hydrogen-bond donors (Lipinski definition) is 2. The Hall–Kier alpha value is -1.75. The van der Waals surface area contributed by atoms with Gasteiger partial charge in [0, 0.05) is 24.0 Å². The van der Waals surface area contributed by atoms with Gasteiger partial charge in [-0.05, 0) is 42.8 Å². The Kier molecular flexibility index (Phi) is 8.17. The summed E-state index contributed by atoms with van der Waals surface area (Å²) in [5, 5.41) is 2.60. The molecule has 0 atom stereocenters. The third-order valence-electron chi connectivity index (χ3n) is 3.78. The summed E-state index contributed by atoms with van der Waals surface area (Å²) in [4.78, 5) is 12.2. The van der Waals surface area contributed by atoms with Crippen LogP contribution < -0.4 is 10.0 Å². The Bertz CT molecular complexity index is 992. The van der Waals surface area contributed by atoms with Gasteiger partial charge >= 0.3 is 0 Å². The van der Waals surface area contributed by atoms with Crippen molar-refractivity contribution in [2.45, 2.75) is 22.6 Å². The number of hydrogen-bond acceptors (Lipinski definition) is 5. The molecule has 0 aliphatic carbocycles. The summed E-state index contributed by atoms with van der Waals surface area (Å²) >= 11 is 3.23. The molecule has 2 rings (SSSR count). The van der Waals surface area contributed by atoms with Crippen LogP contribution >= 0.6 is 15.9 Å². The summed E-state index contributed by atoms with van der Waals surface area (Å²) in [6.45, 7) is 0.150. The summed E-state index contributed by atoms with van der Waals surface area (Å²) in [6, 6.07) is 14.3. The van der Waals surface area contributed by atoms with Gasteiger partial charge in [-0.25, -0.2) is 21.6 Å². The fraction of sp³-hybridized carbons (Fsp3) is 0.278. The van der Waals surface area contributed by atoms with E-state index in [1.807, 2.05) is 0 Å². The molecule has 0 saturated carbocycles. The van der Waals surface area contributed by atoms with Crippen LogP contribution in [0.15, 0.2) is 68.9 Å². The van der Waals surface area contributed by atoms with Crippen molar-refractivity contribution in [1.29, 1.82) is 0 Å². The van der Waals surface area contributed by atoms with Crippen molar-refractivity contribution in [1.82, 2.24) is 10.0 Å². The van der Waals surface area contributed by atoms with E-state index in [1.54, 1.807) is 30.3 Å². The van der Waals surface area contributed by atoms with Gasteiger partial charge in [-0.3, -0.25) is 4.79 Å². The quantitative estimate of drug-likeness (QED) is 0.497. The van der Waals surface area contributed by atoms with Crippen molar-refractivity contribution < 1.29 is 21.6 Å². The third-order valence-corrected chi connectivity index (χ3v) is 7.60. The predicted molar refractivity (Wildman–Crippen MR) is 110 cm³/mol. The highest BCUT2D eigenvalue weighted by molar-refractivity contribution is 9.10. The number of carbonyl (C=O) groups is 1. The van der Waals surface area contributed by atoms with E-state index in [2.05, 4.69) is 26.0 Å². The summed E-state index contributed by atoms with van der Waals surface area (Å²) in [7, 11) is -7.05. The van der Waals surface area contributed by atoms with Crippen LogP contribution in [0.2, 0.25) is 0 Å². The Labute approximate surface area is 173 Å². The van der Waals surface area contributed by atoms with Gasteiger partial charge in [0.15, 0.2) is 9.84 Å². The van der Waals surface area contributed by atoms with Crippen molar-refractivity contribution in [2.24, 2.45) is 0 Å². The second-order valence-corrected chi connectivity index (χ2v) is 10.7. The van der Waals surface area contributed by atoms with Crippen LogP contribution in [-0.4, -0.2) is 41.6 Å². The molecule has 0 aliphatic rings. The minimum absolute atomic E-state index is 0.0405. The standard InChI is InChI=1S/C18H21BrN2O5S2/c19-15-7-9-17(10-8-15)28(25,26)21-13-11-18(22)20-12-4-14-27(23,24)16-5-2-1-3-6-16/h1-3,5-10,21H,4,11-14H2,(H,20,22). The second kappa shape index (κ2) is 10.1. The summed E-state index contributed by atoms with van der Waals surface area (Å²) in [6.07, 6.45) is 0.231. The molecule has 2 aromatic carbocycles. The maximum Gasteiger partial charge on any atom is 0.240 e. The highest BCUT2D eigenvalue weighted by Crippen LogP contribution is 2.14. The van der Waals surface area contributed by atoms with Crippen LogP contribution in [-0.2, 0) is 24.7 Å². The van der Waals surface area contributed by atoms with Gasteiger partial charge in [-0.1, -0.05) is 34.1 Å². The molecule has 152 valence electrons. The van der Waals surface area contributed by atoms with Crippen molar-refractivity contribution in [3.63, 3.8) is 0 Å². The van der Waals surface area contributed by atoms with Crippen LogP contribution in [0.25, 0.3) is 0 Å². The highest BCUT2D eigenvalue weighted by Gasteiger charge is 2.15. The lowest BCUT2D eigenvalue weighted by Crippen LogP contribution is -2.31. The number of sulfonamides is 1. The minimum atomic E-state index is -3.68. The van der Waals surface area contributed by atoms with Crippen LogP contribution in [0.4, 0.5) is 0 Å². The molecule has 0 saturated heterocycles. The van der Waals surface area contributed by atoms with E-state index in [0.29, 0.717) is 0 Å². The molecule has 28 heavy (non-hydrogen) atoms. The highest BCUT2D eigenvalue weighted by atomic mass is 79.9. The van der Waals surface area contributed by atoms with E-state index in [9.17, 15) is 21.6 Å². The van der Waals surface area contributed by atoms with Gasteiger partial charge < -0.3 is 5.32 Å². The molecule has 0 spiro atoms. The lowest BCUT2D eigenvalue weighted by molar-refractivity contribution is -0.120. The van der Waals surface area contributed by atoms with E-state index in [4.69, 9.17) is 0 Å². The lowest BCUT2D eigenvalue weighted by Gasteiger charge is -2.08. The molecule has 0 fully saturated rings. The smallest absolute Gasteiger partial charge is 0.240 e. The first kappa shape index (κ1) is 22.5. The first-order valence-electron chi connectivity index (χ1n) is 8.50. The average Bonchev–Trinajstić information content (AvgIpc) is 2.66. The fourth-order valence-electron chi connectivity index (χ4n) is 2.32. The lowest BCUT2D eigenvalue weighted by atomic mass is 10.4. The van der Waals surface area contributed by atoms with Gasteiger partial charge in [0.05, 0.1) is 15.5 Å². The molecule has 0 aliphatic heterocycles. The molecule has 2 aromatic rings. The van der Waals surface area contributed by atoms with Crippen molar-refractivity contribution >= 4 is 41.7 Å². The largest absolute Gasteiger partial charge is 0.356 e. The summed E-state index contributed by atoms with van der Waals surface area (Å²) in [5.41, 5.74) is 0. The molecule has 0 aromatic heterocycles. The van der Waals surface area contributed by atoms with Crippen molar-refractivity contribution in [2.75, 3.05) is 18.8 Å². The number of amides is 1. The molecular formula is C18H21BrN2O5S2. The van der Waals surface area contributed by atoms with Gasteiger partial charge in [0.1, 0.15) is 0 Å². The Balaban J connectivity index is 1.70. The number of halogens is 1. The number of carbonyl (C=O) groups excluding carboxylic acids is 1. The van der Waals surface area contributed by atoms with Gasteiger partial charge in [-0.2, -0.15) is 0 Å². The van der Waals surface area contributed by atoms with E-state index in [1.165, 1.54) is 24.3 Å². The molecule has 1 amide bonds. The summed E-state index contributed by atoms with van der Waals surface area (Å²) < 4.78 is 51.6. The van der Waals surface area contributed by atoms with Gasteiger partial charge in [-0.15, -0.1) is 0 Å². The Morgan fingerprint density at radius 3 is 2.14 bits per heavy atom. The zero-order valence-electron chi connectivity index (χ0n) is 15.0. The van der Waals surface area contributed by atoms with Crippen LogP contribution in [0, 0.1) is 0 Å². The van der Waals surface area contributed by atoms with Gasteiger partial charge in [0.2, 0.25) is 15.9 Å². The number of rotatable bonds is 10. The summed E-state index contributed by atoms with van der Waals surface area (Å²) in [5.74, 6) is -0.427. The molecular weight excluding hydrogens is 468 g/mol. The Morgan fingerprint density at radius 1 is 0.857 bits per heavy atom. The minimum Gasteiger partial charge on any atom is -0.356 e. The molecule has 0 unspecified atom stereocenters. The molecule has 0 bridgehead atoms. The maximum absolute atomic E-state index is 12.1. The maximum atomic E-state index is 12.1. The first-order chi connectivity index (χ1) is 13.2. The van der Waals surface area contributed by atoms with E-state index in [-0.39, 0.29) is 47.4 Å². The van der Waals surface area contributed by atoms with E-state index < -0.39 is 19.9 Å². The third kappa shape index (κ3) is 7.01. The molecule has 10 heteroatoms. The molecule has 0 heterocycles. The Morgan fingerprint density at radius 2 is 1.50 bits per heavy atom. The van der Waals surface area contributed by atoms with E-state index >= 15 is 0 Å². The predicted octanol–water partition coefficient (Wildman–Crippen LogP) is 2.10. The number of sulfone groups is 1. The SMILES string of the molecule is O=C(CCNS(=O)(=O)c1ccc(Br)cc1)NCCCS(=O)(=O)c1ccccc1. The number of nitrogens with one attached hydrogen (secondary N) is 2. The van der Waals surface area contributed by atoms with Crippen molar-refractivity contribution in [3.8, 4) is 0 Å². The molecule has 0 radical (unpaired) electrons.